The molecule has 1 unspecified atom stereocenters. The minimum absolute atomic E-state index is 0.0972. The van der Waals surface area contributed by atoms with Gasteiger partial charge in [-0.05, 0) is 54.4 Å². The van der Waals surface area contributed by atoms with Crippen molar-refractivity contribution < 1.29 is 4.39 Å². The van der Waals surface area contributed by atoms with Crippen molar-refractivity contribution in [2.45, 2.75) is 46.1 Å². The van der Waals surface area contributed by atoms with Crippen molar-refractivity contribution in [2.24, 2.45) is 11.3 Å². The molecule has 1 aromatic rings. The van der Waals surface area contributed by atoms with Crippen molar-refractivity contribution in [3.05, 3.63) is 34.6 Å². The monoisotopic (exact) mass is 283 g/mol. The molecule has 1 atom stereocenters. The highest BCUT2D eigenvalue weighted by molar-refractivity contribution is 6.31. The maximum Gasteiger partial charge on any atom is 0.123 e. The number of hydrogen-bond acceptors (Lipinski definition) is 1. The van der Waals surface area contributed by atoms with Crippen molar-refractivity contribution in [3.8, 4) is 0 Å². The molecule has 3 heteroatoms. The number of hydrogen-bond donors (Lipinski definition) is 1. The molecule has 1 saturated carbocycles. The smallest absolute Gasteiger partial charge is 0.123 e. The van der Waals surface area contributed by atoms with E-state index in [1.165, 1.54) is 18.9 Å². The molecule has 0 bridgehead atoms. The normalized spacial score (nSPS) is 18.6. The van der Waals surface area contributed by atoms with E-state index in [1.807, 2.05) is 0 Å². The lowest BCUT2D eigenvalue weighted by atomic mass is 9.74. The quantitative estimate of drug-likeness (QED) is 0.814. The molecule has 0 aromatic heterocycles. The van der Waals surface area contributed by atoms with Crippen molar-refractivity contribution in [2.75, 3.05) is 6.54 Å². The average molecular weight is 284 g/mol. The summed E-state index contributed by atoms with van der Waals surface area (Å²) in [4.78, 5) is 0. The Morgan fingerprint density at radius 1 is 1.42 bits per heavy atom. The Kier molecular flexibility index (Phi) is 4.52. The average Bonchev–Trinajstić information content (AvgIpc) is 3.15. The fraction of sp³-hybridized carbons (Fsp3) is 0.625. The molecule has 106 valence electrons. The number of halogens is 2. The molecular weight excluding hydrogens is 261 g/mol. The van der Waals surface area contributed by atoms with Crippen LogP contribution >= 0.6 is 11.6 Å². The van der Waals surface area contributed by atoms with Crippen molar-refractivity contribution in [1.29, 1.82) is 0 Å². The Morgan fingerprint density at radius 3 is 2.68 bits per heavy atom. The van der Waals surface area contributed by atoms with Crippen molar-refractivity contribution in [3.63, 3.8) is 0 Å². The van der Waals surface area contributed by atoms with Gasteiger partial charge in [0.05, 0.1) is 0 Å². The van der Waals surface area contributed by atoms with Gasteiger partial charge in [-0.2, -0.15) is 0 Å². The summed E-state index contributed by atoms with van der Waals surface area (Å²) >= 11 is 6.19. The fourth-order valence-electron chi connectivity index (χ4n) is 2.25. The molecule has 0 amide bonds. The number of benzene rings is 1. The van der Waals surface area contributed by atoms with Crippen LogP contribution in [0.4, 0.5) is 4.39 Å². The molecule has 1 N–H and O–H groups in total. The summed E-state index contributed by atoms with van der Waals surface area (Å²) in [5.41, 5.74) is 1.01. The third-order valence-corrected chi connectivity index (χ3v) is 4.74. The van der Waals surface area contributed by atoms with E-state index in [-0.39, 0.29) is 11.2 Å². The van der Waals surface area contributed by atoms with E-state index in [2.05, 4.69) is 26.1 Å². The van der Waals surface area contributed by atoms with Crippen LogP contribution in [-0.2, 0) is 6.42 Å². The van der Waals surface area contributed by atoms with Gasteiger partial charge in [0, 0.05) is 17.6 Å². The van der Waals surface area contributed by atoms with Gasteiger partial charge in [0.1, 0.15) is 5.82 Å². The SMILES string of the molecule is CC(C)C(C)(CNC1CC1)Cc1cc(F)ccc1Cl. The molecule has 1 aliphatic carbocycles. The molecule has 0 heterocycles. The van der Waals surface area contributed by atoms with Gasteiger partial charge >= 0.3 is 0 Å². The molecule has 19 heavy (non-hydrogen) atoms. The zero-order valence-electron chi connectivity index (χ0n) is 12.0. The molecule has 1 fully saturated rings. The topological polar surface area (TPSA) is 12.0 Å². The van der Waals surface area contributed by atoms with Gasteiger partial charge in [-0.25, -0.2) is 4.39 Å². The third-order valence-electron chi connectivity index (χ3n) is 4.37. The zero-order valence-corrected chi connectivity index (χ0v) is 12.7. The lowest BCUT2D eigenvalue weighted by Gasteiger charge is -2.35. The minimum atomic E-state index is -0.208. The van der Waals surface area contributed by atoms with Crippen LogP contribution in [0.15, 0.2) is 18.2 Å². The minimum Gasteiger partial charge on any atom is -0.313 e. The van der Waals surface area contributed by atoms with E-state index >= 15 is 0 Å². The van der Waals surface area contributed by atoms with E-state index in [1.54, 1.807) is 12.1 Å². The van der Waals surface area contributed by atoms with Gasteiger partial charge in [-0.1, -0.05) is 32.4 Å². The van der Waals surface area contributed by atoms with Crippen LogP contribution in [0.5, 0.6) is 0 Å². The Labute approximate surface area is 120 Å². The summed E-state index contributed by atoms with van der Waals surface area (Å²) < 4.78 is 13.4. The van der Waals surface area contributed by atoms with Crippen molar-refractivity contribution in [1.82, 2.24) is 5.32 Å². The maximum absolute atomic E-state index is 13.4. The lowest BCUT2D eigenvalue weighted by Crippen LogP contribution is -2.38. The highest BCUT2D eigenvalue weighted by Crippen LogP contribution is 2.34. The first kappa shape index (κ1) is 14.8. The van der Waals surface area contributed by atoms with Gasteiger partial charge in [-0.3, -0.25) is 0 Å². The second-order valence-corrected chi connectivity index (χ2v) is 6.78. The highest BCUT2D eigenvalue weighted by Gasteiger charge is 2.32. The second-order valence-electron chi connectivity index (χ2n) is 6.38. The molecule has 0 saturated heterocycles. The van der Waals surface area contributed by atoms with Crippen molar-refractivity contribution >= 4 is 11.6 Å². The van der Waals surface area contributed by atoms with Crippen LogP contribution in [0.25, 0.3) is 0 Å². The van der Waals surface area contributed by atoms with Gasteiger partial charge in [0.15, 0.2) is 0 Å². The maximum atomic E-state index is 13.4. The molecule has 1 nitrogen and oxygen atoms in total. The molecule has 0 radical (unpaired) electrons. The first-order chi connectivity index (χ1) is 8.90. The first-order valence-electron chi connectivity index (χ1n) is 7.08. The first-order valence-corrected chi connectivity index (χ1v) is 7.46. The predicted molar refractivity (Wildman–Crippen MR) is 79.1 cm³/mol. The summed E-state index contributed by atoms with van der Waals surface area (Å²) in [5.74, 6) is 0.304. The summed E-state index contributed by atoms with van der Waals surface area (Å²) in [5, 5.41) is 4.26. The summed E-state index contributed by atoms with van der Waals surface area (Å²) in [6.45, 7) is 7.67. The molecule has 0 spiro atoms. The van der Waals surface area contributed by atoms with Gasteiger partial charge in [0.2, 0.25) is 0 Å². The molecule has 1 aromatic carbocycles. The number of rotatable bonds is 6. The fourth-order valence-corrected chi connectivity index (χ4v) is 2.43. The number of nitrogens with one attached hydrogen (secondary N) is 1. The van der Waals surface area contributed by atoms with Gasteiger partial charge in [0.25, 0.3) is 0 Å². The van der Waals surface area contributed by atoms with E-state index < -0.39 is 0 Å². The van der Waals surface area contributed by atoms with E-state index in [0.29, 0.717) is 17.0 Å². The largest absolute Gasteiger partial charge is 0.313 e. The summed E-state index contributed by atoms with van der Waals surface area (Å²) in [6, 6.07) is 5.34. The van der Waals surface area contributed by atoms with E-state index in [0.717, 1.165) is 18.5 Å². The van der Waals surface area contributed by atoms with Crippen LogP contribution < -0.4 is 5.32 Å². The molecule has 0 aliphatic heterocycles. The van der Waals surface area contributed by atoms with Crippen LogP contribution in [0.1, 0.15) is 39.2 Å². The highest BCUT2D eigenvalue weighted by atomic mass is 35.5. The van der Waals surface area contributed by atoms with Crippen LogP contribution in [0.2, 0.25) is 5.02 Å². The Hall–Kier alpha value is -0.600. The zero-order chi connectivity index (χ0) is 14.0. The predicted octanol–water partition coefficient (Wildman–Crippen LogP) is 4.44. The summed E-state index contributed by atoms with van der Waals surface area (Å²) in [6.07, 6.45) is 3.38. The molecule has 2 rings (SSSR count). The standard InChI is InChI=1S/C16H23ClFN/c1-11(2)16(3,10-19-14-5-6-14)9-12-8-13(18)4-7-15(12)17/h4,7-8,11,14,19H,5-6,9-10H2,1-3H3. The Bertz CT molecular complexity index is 442. The third kappa shape index (κ3) is 3.93. The second kappa shape index (κ2) is 5.80. The Morgan fingerprint density at radius 2 is 2.11 bits per heavy atom. The van der Waals surface area contributed by atoms with Crippen LogP contribution in [0, 0.1) is 17.2 Å². The van der Waals surface area contributed by atoms with E-state index in [4.69, 9.17) is 11.6 Å². The van der Waals surface area contributed by atoms with Crippen LogP contribution in [-0.4, -0.2) is 12.6 Å². The Balaban J connectivity index is 2.11. The van der Waals surface area contributed by atoms with Gasteiger partial charge in [-0.15, -0.1) is 0 Å². The lowest BCUT2D eigenvalue weighted by molar-refractivity contribution is 0.206. The van der Waals surface area contributed by atoms with E-state index in [9.17, 15) is 4.39 Å². The summed E-state index contributed by atoms with van der Waals surface area (Å²) in [7, 11) is 0. The molecule has 1 aliphatic rings. The van der Waals surface area contributed by atoms with Crippen LogP contribution in [0.3, 0.4) is 0 Å². The molecular formula is C16H23ClFN. The van der Waals surface area contributed by atoms with Gasteiger partial charge < -0.3 is 5.32 Å².